The van der Waals surface area contributed by atoms with Crippen molar-refractivity contribution in [1.82, 2.24) is 14.9 Å². The SMILES string of the molecule is C#C[C@@H](Nc1nc(N2CC([C@H]3CCCN(CCO)C3)C2)nc2ccccc12)c1ccc(Cl)cc1Cl. The molecule has 2 fully saturated rings. The molecule has 0 unspecified atom stereocenters. The zero-order chi connectivity index (χ0) is 24.4. The van der Waals surface area contributed by atoms with E-state index in [4.69, 9.17) is 39.6 Å². The molecule has 182 valence electrons. The van der Waals surface area contributed by atoms with Gasteiger partial charge in [-0.25, -0.2) is 4.98 Å². The van der Waals surface area contributed by atoms with Crippen LogP contribution in [0, 0.1) is 24.2 Å². The molecule has 2 aliphatic heterocycles. The summed E-state index contributed by atoms with van der Waals surface area (Å²) in [6.45, 7) is 5.03. The van der Waals surface area contributed by atoms with Crippen molar-refractivity contribution in [2.75, 3.05) is 49.5 Å². The minimum atomic E-state index is -0.463. The minimum Gasteiger partial charge on any atom is -0.395 e. The summed E-state index contributed by atoms with van der Waals surface area (Å²) in [5.41, 5.74) is 1.64. The number of halogens is 2. The third kappa shape index (κ3) is 5.19. The Morgan fingerprint density at radius 1 is 1.11 bits per heavy atom. The Morgan fingerprint density at radius 2 is 1.94 bits per heavy atom. The summed E-state index contributed by atoms with van der Waals surface area (Å²) in [4.78, 5) is 14.4. The van der Waals surface area contributed by atoms with Gasteiger partial charge >= 0.3 is 0 Å². The first-order valence-corrected chi connectivity index (χ1v) is 12.8. The van der Waals surface area contributed by atoms with Crippen molar-refractivity contribution >= 4 is 45.9 Å². The molecule has 2 atom stereocenters. The van der Waals surface area contributed by atoms with Gasteiger partial charge in [0, 0.05) is 47.2 Å². The number of benzene rings is 2. The summed E-state index contributed by atoms with van der Waals surface area (Å²) in [6.07, 6.45) is 8.34. The van der Waals surface area contributed by atoms with Crippen molar-refractivity contribution in [3.63, 3.8) is 0 Å². The van der Waals surface area contributed by atoms with Gasteiger partial charge in [-0.3, -0.25) is 0 Å². The number of β-amino-alcohol motifs (C(OH)–C–C–N with tert-alkyl or cyclic N) is 1. The quantitative estimate of drug-likeness (QED) is 0.443. The second kappa shape index (κ2) is 10.6. The molecule has 0 bridgehead atoms. The van der Waals surface area contributed by atoms with Crippen LogP contribution in [0.2, 0.25) is 10.0 Å². The molecular formula is C27H29Cl2N5O. The van der Waals surface area contributed by atoms with Gasteiger partial charge in [0.15, 0.2) is 0 Å². The largest absolute Gasteiger partial charge is 0.395 e. The fraction of sp³-hybridized carbons (Fsp3) is 0.407. The molecule has 2 aromatic carbocycles. The van der Waals surface area contributed by atoms with Gasteiger partial charge in [0.2, 0.25) is 5.95 Å². The van der Waals surface area contributed by atoms with Crippen LogP contribution in [0.15, 0.2) is 42.5 Å². The maximum absolute atomic E-state index is 9.30. The van der Waals surface area contributed by atoms with Crippen molar-refractivity contribution in [2.45, 2.75) is 18.9 Å². The molecule has 6 nitrogen and oxygen atoms in total. The van der Waals surface area contributed by atoms with Gasteiger partial charge in [-0.1, -0.05) is 47.3 Å². The smallest absolute Gasteiger partial charge is 0.227 e. The van der Waals surface area contributed by atoms with E-state index in [1.807, 2.05) is 30.3 Å². The molecule has 2 aliphatic rings. The van der Waals surface area contributed by atoms with E-state index < -0.39 is 6.04 Å². The van der Waals surface area contributed by atoms with E-state index >= 15 is 0 Å². The lowest BCUT2D eigenvalue weighted by Crippen LogP contribution is -2.54. The average Bonchev–Trinajstić information content (AvgIpc) is 2.82. The van der Waals surface area contributed by atoms with Crippen molar-refractivity contribution in [2.24, 2.45) is 11.8 Å². The standard InChI is InChI=1S/C27H29Cl2N5O/c1-2-24(21-10-9-20(28)14-23(21)29)30-26-22-7-3-4-8-25(22)31-27(32-26)34-16-19(17-34)18-6-5-11-33(15-18)12-13-35/h1,3-4,7-10,14,18-19,24,35H,5-6,11-13,15-17H2,(H,30,31,32)/t18-,24+/m0/s1. The molecule has 3 heterocycles. The Balaban J connectivity index is 1.36. The topological polar surface area (TPSA) is 64.5 Å². The number of likely N-dealkylation sites (tertiary alicyclic amines) is 1. The Kier molecular flexibility index (Phi) is 7.31. The number of terminal acetylenes is 1. The molecule has 3 aromatic rings. The molecule has 0 amide bonds. The summed E-state index contributed by atoms with van der Waals surface area (Å²) in [5, 5.41) is 14.7. The van der Waals surface area contributed by atoms with E-state index in [0.29, 0.717) is 33.6 Å². The highest BCUT2D eigenvalue weighted by molar-refractivity contribution is 6.35. The lowest BCUT2D eigenvalue weighted by atomic mass is 9.81. The van der Waals surface area contributed by atoms with E-state index in [1.54, 1.807) is 12.1 Å². The molecule has 0 saturated carbocycles. The number of piperidine rings is 1. The minimum absolute atomic E-state index is 0.226. The van der Waals surface area contributed by atoms with Gasteiger partial charge < -0.3 is 20.2 Å². The summed E-state index contributed by atoms with van der Waals surface area (Å²) in [7, 11) is 0. The van der Waals surface area contributed by atoms with Crippen LogP contribution in [-0.4, -0.2) is 59.3 Å². The molecule has 2 saturated heterocycles. The fourth-order valence-electron chi connectivity index (χ4n) is 5.19. The van der Waals surface area contributed by atoms with E-state index in [1.165, 1.54) is 12.8 Å². The van der Waals surface area contributed by atoms with E-state index in [0.717, 1.165) is 49.2 Å². The highest BCUT2D eigenvalue weighted by atomic mass is 35.5. The number of anilines is 2. The normalized spacial score (nSPS) is 19.8. The molecular weight excluding hydrogens is 481 g/mol. The number of aromatic nitrogens is 2. The molecule has 5 rings (SSSR count). The Bertz CT molecular complexity index is 1240. The summed E-state index contributed by atoms with van der Waals surface area (Å²) < 4.78 is 0. The lowest BCUT2D eigenvalue weighted by Gasteiger charge is -2.46. The van der Waals surface area contributed by atoms with Gasteiger partial charge in [0.1, 0.15) is 11.9 Å². The van der Waals surface area contributed by atoms with Crippen LogP contribution >= 0.6 is 23.2 Å². The van der Waals surface area contributed by atoms with Crippen LogP contribution in [0.1, 0.15) is 24.4 Å². The number of nitrogens with one attached hydrogen (secondary N) is 1. The van der Waals surface area contributed by atoms with Gasteiger partial charge in [0.05, 0.1) is 12.1 Å². The van der Waals surface area contributed by atoms with Gasteiger partial charge in [-0.15, -0.1) is 6.42 Å². The van der Waals surface area contributed by atoms with Crippen LogP contribution in [-0.2, 0) is 0 Å². The van der Waals surface area contributed by atoms with Crippen molar-refractivity contribution in [3.8, 4) is 12.3 Å². The molecule has 8 heteroatoms. The maximum Gasteiger partial charge on any atom is 0.227 e. The van der Waals surface area contributed by atoms with Gasteiger partial charge in [0.25, 0.3) is 0 Å². The molecule has 35 heavy (non-hydrogen) atoms. The first-order valence-electron chi connectivity index (χ1n) is 12.1. The Morgan fingerprint density at radius 3 is 2.71 bits per heavy atom. The zero-order valence-electron chi connectivity index (χ0n) is 19.5. The number of hydrogen-bond donors (Lipinski definition) is 2. The zero-order valence-corrected chi connectivity index (χ0v) is 21.0. The van der Waals surface area contributed by atoms with Crippen LogP contribution in [0.4, 0.5) is 11.8 Å². The maximum atomic E-state index is 9.30. The number of aliphatic hydroxyl groups excluding tert-OH is 1. The molecule has 1 aromatic heterocycles. The van der Waals surface area contributed by atoms with Crippen LogP contribution < -0.4 is 10.2 Å². The van der Waals surface area contributed by atoms with Crippen molar-refractivity contribution < 1.29 is 5.11 Å². The highest BCUT2D eigenvalue weighted by Crippen LogP contribution is 2.35. The Labute approximate surface area is 216 Å². The molecule has 2 N–H and O–H groups in total. The second-order valence-corrected chi connectivity index (χ2v) is 10.2. The number of fused-ring (bicyclic) bond motifs is 1. The number of para-hydroxylation sites is 1. The summed E-state index contributed by atoms with van der Waals surface area (Å²) in [5.74, 6) is 5.47. The number of rotatable bonds is 7. The summed E-state index contributed by atoms with van der Waals surface area (Å²) in [6, 6.07) is 12.8. The summed E-state index contributed by atoms with van der Waals surface area (Å²) >= 11 is 12.5. The number of hydrogen-bond acceptors (Lipinski definition) is 6. The number of nitrogens with zero attached hydrogens (tertiary/aromatic N) is 4. The van der Waals surface area contributed by atoms with E-state index in [-0.39, 0.29) is 6.61 Å². The van der Waals surface area contributed by atoms with Crippen molar-refractivity contribution in [3.05, 3.63) is 58.1 Å². The third-order valence-electron chi connectivity index (χ3n) is 7.13. The predicted molar refractivity (Wildman–Crippen MR) is 143 cm³/mol. The average molecular weight is 510 g/mol. The predicted octanol–water partition coefficient (Wildman–Crippen LogP) is 4.86. The van der Waals surface area contributed by atoms with Gasteiger partial charge in [-0.05, 0) is 55.5 Å². The fourth-order valence-corrected chi connectivity index (χ4v) is 5.71. The van der Waals surface area contributed by atoms with Crippen LogP contribution in [0.3, 0.4) is 0 Å². The Hall–Kier alpha value is -2.56. The first-order chi connectivity index (χ1) is 17.1. The van der Waals surface area contributed by atoms with Crippen LogP contribution in [0.5, 0.6) is 0 Å². The van der Waals surface area contributed by atoms with Crippen molar-refractivity contribution in [1.29, 1.82) is 0 Å². The van der Waals surface area contributed by atoms with Crippen LogP contribution in [0.25, 0.3) is 10.9 Å². The number of aliphatic hydroxyl groups is 1. The van der Waals surface area contributed by atoms with E-state index in [2.05, 4.69) is 21.0 Å². The highest BCUT2D eigenvalue weighted by Gasteiger charge is 2.37. The monoisotopic (exact) mass is 509 g/mol. The second-order valence-electron chi connectivity index (χ2n) is 9.39. The third-order valence-corrected chi connectivity index (χ3v) is 7.69. The molecule has 0 aliphatic carbocycles. The lowest BCUT2D eigenvalue weighted by molar-refractivity contribution is 0.101. The molecule has 0 spiro atoms. The van der Waals surface area contributed by atoms with E-state index in [9.17, 15) is 5.11 Å². The first kappa shape index (κ1) is 24.1. The van der Waals surface area contributed by atoms with Gasteiger partial charge in [-0.2, -0.15) is 4.98 Å². The molecule has 0 radical (unpaired) electrons.